The normalized spacial score (nSPS) is 11.0. The molecular formula is C19H17N3O4S2. The highest BCUT2D eigenvalue weighted by Gasteiger charge is 2.17. The predicted molar refractivity (Wildman–Crippen MR) is 109 cm³/mol. The number of aromatic nitrogens is 3. The van der Waals surface area contributed by atoms with E-state index < -0.39 is 0 Å². The van der Waals surface area contributed by atoms with Crippen LogP contribution in [0.1, 0.15) is 5.89 Å². The van der Waals surface area contributed by atoms with Gasteiger partial charge in [-0.25, -0.2) is 4.98 Å². The average Bonchev–Trinajstić information content (AvgIpc) is 3.37. The van der Waals surface area contributed by atoms with Crippen LogP contribution >= 0.6 is 23.1 Å². The van der Waals surface area contributed by atoms with Crippen molar-refractivity contribution >= 4 is 33.3 Å². The van der Waals surface area contributed by atoms with E-state index in [4.69, 9.17) is 18.7 Å². The van der Waals surface area contributed by atoms with Crippen LogP contribution in [-0.4, -0.2) is 36.5 Å². The van der Waals surface area contributed by atoms with Crippen molar-refractivity contribution in [1.29, 1.82) is 0 Å². The van der Waals surface area contributed by atoms with E-state index >= 15 is 0 Å². The summed E-state index contributed by atoms with van der Waals surface area (Å²) in [6.07, 6.45) is 0. The molecule has 0 amide bonds. The third-order valence-electron chi connectivity index (χ3n) is 3.98. The predicted octanol–water partition coefficient (Wildman–Crippen LogP) is 4.66. The molecule has 0 saturated carbocycles. The van der Waals surface area contributed by atoms with Crippen molar-refractivity contribution in [1.82, 2.24) is 15.1 Å². The van der Waals surface area contributed by atoms with Gasteiger partial charge in [0.15, 0.2) is 15.8 Å². The van der Waals surface area contributed by atoms with Gasteiger partial charge in [-0.05, 0) is 24.3 Å². The van der Waals surface area contributed by atoms with Crippen LogP contribution in [0.4, 0.5) is 0 Å². The molecule has 0 radical (unpaired) electrons. The Balaban J connectivity index is 1.54. The molecule has 0 aliphatic rings. The van der Waals surface area contributed by atoms with Crippen molar-refractivity contribution in [2.45, 2.75) is 10.1 Å². The number of rotatable bonds is 7. The SMILES string of the molecule is COc1cc(-c2noc(CSc3nc4ccccc4s3)n2)cc(OC)c1OC. The minimum atomic E-state index is 0.458. The smallest absolute Gasteiger partial charge is 0.237 e. The highest BCUT2D eigenvalue weighted by Crippen LogP contribution is 2.40. The zero-order valence-corrected chi connectivity index (χ0v) is 17.1. The molecule has 9 heteroatoms. The van der Waals surface area contributed by atoms with E-state index in [1.54, 1.807) is 56.6 Å². The quantitative estimate of drug-likeness (QED) is 0.403. The van der Waals surface area contributed by atoms with E-state index in [2.05, 4.69) is 21.2 Å². The summed E-state index contributed by atoms with van der Waals surface area (Å²) in [5.74, 6) is 3.10. The number of benzene rings is 2. The lowest BCUT2D eigenvalue weighted by molar-refractivity contribution is 0.324. The number of fused-ring (bicyclic) bond motifs is 1. The Morgan fingerprint density at radius 3 is 2.43 bits per heavy atom. The molecule has 0 aliphatic heterocycles. The molecule has 7 nitrogen and oxygen atoms in total. The van der Waals surface area contributed by atoms with Gasteiger partial charge in [-0.15, -0.1) is 11.3 Å². The number of thioether (sulfide) groups is 1. The molecular weight excluding hydrogens is 398 g/mol. The standard InChI is InChI=1S/C19H17N3O4S2/c1-23-13-8-11(9-14(24-2)17(13)25-3)18-21-16(26-22-18)10-27-19-20-12-6-4-5-7-15(12)28-19/h4-9H,10H2,1-3H3. The highest BCUT2D eigenvalue weighted by atomic mass is 32.2. The van der Waals surface area contributed by atoms with Gasteiger partial charge in [0.05, 0.1) is 37.3 Å². The number of hydrogen-bond donors (Lipinski definition) is 0. The molecule has 28 heavy (non-hydrogen) atoms. The lowest BCUT2D eigenvalue weighted by Gasteiger charge is -2.12. The van der Waals surface area contributed by atoms with Gasteiger partial charge >= 0.3 is 0 Å². The third-order valence-corrected chi connectivity index (χ3v) is 6.15. The van der Waals surface area contributed by atoms with Crippen LogP contribution in [0.5, 0.6) is 17.2 Å². The van der Waals surface area contributed by atoms with E-state index in [0.29, 0.717) is 34.7 Å². The first-order chi connectivity index (χ1) is 13.7. The first-order valence-corrected chi connectivity index (χ1v) is 10.1. The van der Waals surface area contributed by atoms with Crippen LogP contribution in [0.15, 0.2) is 45.3 Å². The Bertz CT molecular complexity index is 1050. The van der Waals surface area contributed by atoms with Gasteiger partial charge in [-0.1, -0.05) is 29.1 Å². The van der Waals surface area contributed by atoms with Crippen molar-refractivity contribution < 1.29 is 18.7 Å². The molecule has 0 N–H and O–H groups in total. The highest BCUT2D eigenvalue weighted by molar-refractivity contribution is 8.00. The Hall–Kier alpha value is -2.78. The number of methoxy groups -OCH3 is 3. The van der Waals surface area contributed by atoms with Gasteiger partial charge in [0.25, 0.3) is 0 Å². The number of ether oxygens (including phenoxy) is 3. The number of hydrogen-bond acceptors (Lipinski definition) is 9. The van der Waals surface area contributed by atoms with Crippen molar-refractivity contribution in [3.8, 4) is 28.6 Å². The van der Waals surface area contributed by atoms with Gasteiger partial charge in [-0.3, -0.25) is 0 Å². The first-order valence-electron chi connectivity index (χ1n) is 8.33. The molecule has 2 aromatic heterocycles. The van der Waals surface area contributed by atoms with Gasteiger partial charge in [0.1, 0.15) is 0 Å². The molecule has 0 unspecified atom stereocenters. The van der Waals surface area contributed by atoms with Gasteiger partial charge in [0.2, 0.25) is 17.5 Å². The van der Waals surface area contributed by atoms with Crippen molar-refractivity contribution in [2.24, 2.45) is 0 Å². The van der Waals surface area contributed by atoms with E-state index in [0.717, 1.165) is 20.1 Å². The number of thiazole rings is 1. The van der Waals surface area contributed by atoms with Crippen LogP contribution in [0, 0.1) is 0 Å². The van der Waals surface area contributed by atoms with Crippen molar-refractivity contribution in [3.63, 3.8) is 0 Å². The maximum absolute atomic E-state index is 5.40. The molecule has 4 aromatic rings. The molecule has 0 spiro atoms. The summed E-state index contributed by atoms with van der Waals surface area (Å²) in [6.45, 7) is 0. The van der Waals surface area contributed by atoms with Crippen LogP contribution in [-0.2, 0) is 5.75 Å². The molecule has 0 aliphatic carbocycles. The first kappa shape index (κ1) is 18.6. The molecule has 2 aromatic carbocycles. The summed E-state index contributed by atoms with van der Waals surface area (Å²) >= 11 is 3.22. The van der Waals surface area contributed by atoms with Crippen LogP contribution in [0.25, 0.3) is 21.6 Å². The summed E-state index contributed by atoms with van der Waals surface area (Å²) in [6, 6.07) is 11.6. The summed E-state index contributed by atoms with van der Waals surface area (Å²) in [7, 11) is 4.69. The van der Waals surface area contributed by atoms with E-state index in [-0.39, 0.29) is 0 Å². The van der Waals surface area contributed by atoms with Crippen LogP contribution < -0.4 is 14.2 Å². The zero-order chi connectivity index (χ0) is 19.5. The molecule has 0 atom stereocenters. The van der Waals surface area contributed by atoms with E-state index in [1.807, 2.05) is 18.2 Å². The largest absolute Gasteiger partial charge is 0.493 e. The molecule has 0 bridgehead atoms. The fourth-order valence-electron chi connectivity index (χ4n) is 2.68. The summed E-state index contributed by atoms with van der Waals surface area (Å²) < 4.78 is 23.6. The molecule has 4 rings (SSSR count). The monoisotopic (exact) mass is 415 g/mol. The third kappa shape index (κ3) is 3.63. The maximum Gasteiger partial charge on any atom is 0.237 e. The van der Waals surface area contributed by atoms with Crippen LogP contribution in [0.3, 0.4) is 0 Å². The molecule has 0 fully saturated rings. The second kappa shape index (κ2) is 8.07. The van der Waals surface area contributed by atoms with Gasteiger partial charge < -0.3 is 18.7 Å². The maximum atomic E-state index is 5.40. The second-order valence-electron chi connectivity index (χ2n) is 5.66. The molecule has 0 saturated heterocycles. The Kier molecular flexibility index (Phi) is 5.36. The Labute approximate surface area is 169 Å². The number of nitrogens with zero attached hydrogens (tertiary/aromatic N) is 3. The summed E-state index contributed by atoms with van der Waals surface area (Å²) in [5.41, 5.74) is 1.72. The minimum Gasteiger partial charge on any atom is -0.493 e. The number of para-hydroxylation sites is 1. The topological polar surface area (TPSA) is 79.5 Å². The fourth-order valence-corrected chi connectivity index (χ4v) is 4.58. The van der Waals surface area contributed by atoms with Crippen LogP contribution in [0.2, 0.25) is 0 Å². The average molecular weight is 415 g/mol. The zero-order valence-electron chi connectivity index (χ0n) is 15.5. The fraction of sp³-hybridized carbons (Fsp3) is 0.211. The van der Waals surface area contributed by atoms with Gasteiger partial charge in [0, 0.05) is 5.56 Å². The van der Waals surface area contributed by atoms with Gasteiger partial charge in [-0.2, -0.15) is 4.98 Å². The Morgan fingerprint density at radius 2 is 1.75 bits per heavy atom. The summed E-state index contributed by atoms with van der Waals surface area (Å²) in [4.78, 5) is 9.08. The molecule has 144 valence electrons. The lowest BCUT2D eigenvalue weighted by Crippen LogP contribution is -1.96. The van der Waals surface area contributed by atoms with E-state index in [9.17, 15) is 0 Å². The van der Waals surface area contributed by atoms with E-state index in [1.165, 1.54) is 0 Å². The summed E-state index contributed by atoms with van der Waals surface area (Å²) in [5, 5.41) is 4.08. The molecule has 2 heterocycles. The van der Waals surface area contributed by atoms with Crippen molar-refractivity contribution in [3.05, 3.63) is 42.3 Å². The van der Waals surface area contributed by atoms with Crippen molar-refractivity contribution in [2.75, 3.05) is 21.3 Å². The minimum absolute atomic E-state index is 0.458. The second-order valence-corrected chi connectivity index (χ2v) is 7.92. The Morgan fingerprint density at radius 1 is 1.00 bits per heavy atom. The lowest BCUT2D eigenvalue weighted by atomic mass is 10.1.